The molecule has 0 heterocycles. The summed E-state index contributed by atoms with van der Waals surface area (Å²) in [6.07, 6.45) is 2.09. The molecule has 2 N–H and O–H groups in total. The van der Waals surface area contributed by atoms with Crippen LogP contribution in [0.3, 0.4) is 0 Å². The van der Waals surface area contributed by atoms with Crippen molar-refractivity contribution in [2.24, 2.45) is 5.73 Å². The lowest BCUT2D eigenvalue weighted by molar-refractivity contribution is 0.945. The van der Waals surface area contributed by atoms with Gasteiger partial charge < -0.3 is 5.73 Å². The maximum atomic E-state index is 5.59. The van der Waals surface area contributed by atoms with Crippen LogP contribution < -0.4 is 5.73 Å². The highest BCUT2D eigenvalue weighted by molar-refractivity contribution is 7.98. The summed E-state index contributed by atoms with van der Waals surface area (Å²) < 4.78 is 0. The first-order valence-corrected chi connectivity index (χ1v) is 4.95. The standard InChI is InChI=1S/C9H13NS.ClH/c1-11-9(7-10)8-5-3-2-4-6-8;/h2-6,9H,7,10H2,1H3;1H. The normalized spacial score (nSPS) is 11.8. The van der Waals surface area contributed by atoms with Crippen molar-refractivity contribution < 1.29 is 0 Å². The van der Waals surface area contributed by atoms with Crippen molar-refractivity contribution in [2.45, 2.75) is 5.25 Å². The molecule has 0 bridgehead atoms. The summed E-state index contributed by atoms with van der Waals surface area (Å²) in [5.74, 6) is 0. The first-order chi connectivity index (χ1) is 5.38. The molecule has 0 amide bonds. The Balaban J connectivity index is 0.00000121. The molecule has 68 valence electrons. The maximum Gasteiger partial charge on any atom is 0.0416 e. The SMILES string of the molecule is CSC(CN)c1ccccc1.Cl. The average molecular weight is 204 g/mol. The lowest BCUT2D eigenvalue weighted by atomic mass is 10.1. The predicted octanol–water partition coefficient (Wildman–Crippen LogP) is 2.47. The molecule has 0 aromatic heterocycles. The zero-order valence-corrected chi connectivity index (χ0v) is 8.70. The third-order valence-corrected chi connectivity index (χ3v) is 2.70. The van der Waals surface area contributed by atoms with E-state index < -0.39 is 0 Å². The Bertz CT molecular complexity index is 199. The predicted molar refractivity (Wildman–Crippen MR) is 59.0 cm³/mol. The molecule has 1 aromatic carbocycles. The van der Waals surface area contributed by atoms with Crippen molar-refractivity contribution in [1.82, 2.24) is 0 Å². The Morgan fingerprint density at radius 3 is 2.33 bits per heavy atom. The number of benzene rings is 1. The van der Waals surface area contributed by atoms with Crippen LogP contribution in [0.5, 0.6) is 0 Å². The van der Waals surface area contributed by atoms with Crippen molar-refractivity contribution in [3.8, 4) is 0 Å². The Morgan fingerprint density at radius 2 is 1.92 bits per heavy atom. The number of hydrogen-bond acceptors (Lipinski definition) is 2. The Hall–Kier alpha value is -0.180. The first-order valence-electron chi connectivity index (χ1n) is 3.66. The second-order valence-electron chi connectivity index (χ2n) is 2.37. The van der Waals surface area contributed by atoms with Crippen LogP contribution in [0.25, 0.3) is 0 Å². The van der Waals surface area contributed by atoms with Gasteiger partial charge in [-0.15, -0.1) is 12.4 Å². The molecule has 12 heavy (non-hydrogen) atoms. The lowest BCUT2D eigenvalue weighted by Gasteiger charge is -2.10. The van der Waals surface area contributed by atoms with Crippen LogP contribution in [0.4, 0.5) is 0 Å². The van der Waals surface area contributed by atoms with E-state index in [1.165, 1.54) is 5.56 Å². The number of rotatable bonds is 3. The van der Waals surface area contributed by atoms with Gasteiger partial charge in [0.1, 0.15) is 0 Å². The zero-order chi connectivity index (χ0) is 8.10. The summed E-state index contributed by atoms with van der Waals surface area (Å²) in [6.45, 7) is 0.713. The van der Waals surface area contributed by atoms with Gasteiger partial charge in [-0.25, -0.2) is 0 Å². The highest BCUT2D eigenvalue weighted by atomic mass is 35.5. The monoisotopic (exact) mass is 203 g/mol. The summed E-state index contributed by atoms with van der Waals surface area (Å²) in [6, 6.07) is 10.4. The zero-order valence-electron chi connectivity index (χ0n) is 7.07. The van der Waals surface area contributed by atoms with Gasteiger partial charge in [0, 0.05) is 11.8 Å². The second kappa shape index (κ2) is 6.35. The Labute approximate surface area is 84.1 Å². The number of thioether (sulfide) groups is 1. The smallest absolute Gasteiger partial charge is 0.0416 e. The van der Waals surface area contributed by atoms with Gasteiger partial charge in [-0.05, 0) is 11.8 Å². The molecule has 0 aliphatic rings. The van der Waals surface area contributed by atoms with Gasteiger partial charge in [-0.2, -0.15) is 11.8 Å². The van der Waals surface area contributed by atoms with E-state index in [2.05, 4.69) is 18.4 Å². The van der Waals surface area contributed by atoms with Crippen LogP contribution >= 0.6 is 24.2 Å². The number of hydrogen-bond donors (Lipinski definition) is 1. The van der Waals surface area contributed by atoms with Crippen LogP contribution in [0.15, 0.2) is 30.3 Å². The highest BCUT2D eigenvalue weighted by Crippen LogP contribution is 2.24. The van der Waals surface area contributed by atoms with Crippen molar-refractivity contribution in [2.75, 3.05) is 12.8 Å². The van der Waals surface area contributed by atoms with E-state index in [1.54, 1.807) is 11.8 Å². The van der Waals surface area contributed by atoms with E-state index in [0.717, 1.165) is 0 Å². The quantitative estimate of drug-likeness (QED) is 0.817. The van der Waals surface area contributed by atoms with E-state index in [1.807, 2.05) is 18.2 Å². The fourth-order valence-electron chi connectivity index (χ4n) is 1.04. The molecule has 1 atom stereocenters. The largest absolute Gasteiger partial charge is 0.329 e. The minimum absolute atomic E-state index is 0. The van der Waals surface area contributed by atoms with Gasteiger partial charge in [0.15, 0.2) is 0 Å². The summed E-state index contributed by atoms with van der Waals surface area (Å²) in [5, 5.41) is 0.455. The van der Waals surface area contributed by atoms with Gasteiger partial charge in [0.2, 0.25) is 0 Å². The van der Waals surface area contributed by atoms with E-state index in [-0.39, 0.29) is 12.4 Å². The van der Waals surface area contributed by atoms with Crippen LogP contribution in [0, 0.1) is 0 Å². The highest BCUT2D eigenvalue weighted by Gasteiger charge is 2.05. The molecule has 1 rings (SSSR count). The lowest BCUT2D eigenvalue weighted by Crippen LogP contribution is -2.08. The molecule has 0 spiro atoms. The van der Waals surface area contributed by atoms with Gasteiger partial charge in [0.25, 0.3) is 0 Å². The van der Waals surface area contributed by atoms with Crippen molar-refractivity contribution in [3.05, 3.63) is 35.9 Å². The third-order valence-electron chi connectivity index (χ3n) is 1.67. The molecular formula is C9H14ClNS. The fraction of sp³-hybridized carbons (Fsp3) is 0.333. The molecule has 0 radical (unpaired) electrons. The van der Waals surface area contributed by atoms with Gasteiger partial charge in [-0.1, -0.05) is 30.3 Å². The van der Waals surface area contributed by atoms with Crippen molar-refractivity contribution in [3.63, 3.8) is 0 Å². The molecule has 0 saturated carbocycles. The third kappa shape index (κ3) is 3.05. The second-order valence-corrected chi connectivity index (χ2v) is 3.41. The van der Waals surface area contributed by atoms with Crippen LogP contribution in [-0.2, 0) is 0 Å². The minimum atomic E-state index is 0. The Morgan fingerprint density at radius 1 is 1.33 bits per heavy atom. The summed E-state index contributed by atoms with van der Waals surface area (Å²) in [4.78, 5) is 0. The van der Waals surface area contributed by atoms with E-state index in [0.29, 0.717) is 11.8 Å². The van der Waals surface area contributed by atoms with E-state index in [4.69, 9.17) is 5.73 Å². The Kier molecular flexibility index (Phi) is 6.25. The van der Waals surface area contributed by atoms with E-state index >= 15 is 0 Å². The molecule has 1 aromatic rings. The number of nitrogens with two attached hydrogens (primary N) is 1. The average Bonchev–Trinajstić information content (AvgIpc) is 2.09. The fourth-order valence-corrected chi connectivity index (χ4v) is 1.66. The molecule has 1 nitrogen and oxygen atoms in total. The van der Waals surface area contributed by atoms with Crippen molar-refractivity contribution in [1.29, 1.82) is 0 Å². The van der Waals surface area contributed by atoms with Crippen LogP contribution in [0.1, 0.15) is 10.8 Å². The summed E-state index contributed by atoms with van der Waals surface area (Å²) >= 11 is 1.80. The minimum Gasteiger partial charge on any atom is -0.329 e. The molecular weight excluding hydrogens is 190 g/mol. The topological polar surface area (TPSA) is 26.0 Å². The molecule has 0 saturated heterocycles. The summed E-state index contributed by atoms with van der Waals surface area (Å²) in [5.41, 5.74) is 6.92. The van der Waals surface area contributed by atoms with Gasteiger partial charge in [-0.3, -0.25) is 0 Å². The van der Waals surface area contributed by atoms with Crippen LogP contribution in [0.2, 0.25) is 0 Å². The molecule has 0 aliphatic carbocycles. The molecule has 1 unspecified atom stereocenters. The summed E-state index contributed by atoms with van der Waals surface area (Å²) in [7, 11) is 0. The first kappa shape index (κ1) is 11.8. The molecule has 3 heteroatoms. The van der Waals surface area contributed by atoms with E-state index in [9.17, 15) is 0 Å². The van der Waals surface area contributed by atoms with Crippen molar-refractivity contribution >= 4 is 24.2 Å². The maximum absolute atomic E-state index is 5.59. The van der Waals surface area contributed by atoms with Crippen LogP contribution in [-0.4, -0.2) is 12.8 Å². The van der Waals surface area contributed by atoms with Gasteiger partial charge in [0.05, 0.1) is 0 Å². The molecule has 0 aliphatic heterocycles. The number of halogens is 1. The van der Waals surface area contributed by atoms with Gasteiger partial charge >= 0.3 is 0 Å². The molecule has 0 fully saturated rings.